The van der Waals surface area contributed by atoms with Crippen LogP contribution >= 0.6 is 0 Å². The minimum absolute atomic E-state index is 0.00772. The fourth-order valence-corrected chi connectivity index (χ4v) is 4.49. The highest BCUT2D eigenvalue weighted by atomic mass is 16.7. The zero-order valence-electron chi connectivity index (χ0n) is 15.9. The van der Waals surface area contributed by atoms with Gasteiger partial charge in [0.15, 0.2) is 5.79 Å². The minimum atomic E-state index is -0.996. The van der Waals surface area contributed by atoms with E-state index in [9.17, 15) is 14.7 Å². The summed E-state index contributed by atoms with van der Waals surface area (Å²) >= 11 is 0. The van der Waals surface area contributed by atoms with E-state index in [2.05, 4.69) is 12.1 Å². The molecule has 2 aliphatic rings. The Morgan fingerprint density at radius 1 is 1.00 bits per heavy atom. The van der Waals surface area contributed by atoms with Crippen LogP contribution in [0.15, 0.2) is 12.1 Å². The molecule has 5 nitrogen and oxygen atoms in total. The summed E-state index contributed by atoms with van der Waals surface area (Å²) in [5, 5.41) is 9.85. The zero-order valence-corrected chi connectivity index (χ0v) is 15.9. The first kappa shape index (κ1) is 19.1. The lowest BCUT2D eigenvalue weighted by Crippen LogP contribution is -2.44. The lowest BCUT2D eigenvalue weighted by molar-refractivity contribution is -0.198. The van der Waals surface area contributed by atoms with E-state index in [0.717, 1.165) is 16.7 Å². The van der Waals surface area contributed by atoms with Crippen molar-refractivity contribution in [2.75, 3.05) is 13.2 Å². The molecular weight excluding hydrogens is 332 g/mol. The number of rotatable bonds is 5. The molecule has 1 spiro atoms. The zero-order chi connectivity index (χ0) is 18.9. The van der Waals surface area contributed by atoms with Gasteiger partial charge < -0.3 is 14.6 Å². The number of aliphatic carboxylic acids is 1. The molecule has 2 fully saturated rings. The van der Waals surface area contributed by atoms with Gasteiger partial charge in [0.25, 0.3) is 0 Å². The van der Waals surface area contributed by atoms with Crippen molar-refractivity contribution in [3.05, 3.63) is 34.4 Å². The largest absolute Gasteiger partial charge is 0.481 e. The van der Waals surface area contributed by atoms with Crippen LogP contribution in [0.4, 0.5) is 0 Å². The Labute approximate surface area is 154 Å². The molecule has 0 atom stereocenters. The lowest BCUT2D eigenvalue weighted by atomic mass is 9.68. The summed E-state index contributed by atoms with van der Waals surface area (Å²) in [6.45, 7) is 7.18. The summed E-state index contributed by atoms with van der Waals surface area (Å²) in [5.74, 6) is -1.51. The van der Waals surface area contributed by atoms with Crippen molar-refractivity contribution in [3.8, 4) is 0 Å². The molecule has 0 unspecified atom stereocenters. The molecule has 0 radical (unpaired) electrons. The van der Waals surface area contributed by atoms with E-state index in [1.807, 2.05) is 20.8 Å². The number of ketones is 1. The molecule has 1 aliphatic carbocycles. The maximum atomic E-state index is 12.8. The van der Waals surface area contributed by atoms with Gasteiger partial charge in [-0.25, -0.2) is 0 Å². The second-order valence-corrected chi connectivity index (χ2v) is 7.96. The van der Waals surface area contributed by atoms with Crippen molar-refractivity contribution in [3.63, 3.8) is 0 Å². The van der Waals surface area contributed by atoms with Gasteiger partial charge in [-0.3, -0.25) is 9.59 Å². The predicted octanol–water partition coefficient (Wildman–Crippen LogP) is 3.50. The standard InChI is InChI=1S/C21H28O5/c1-14-10-15(2)18(16(3)11-14)12-17(22)13-20(19(23)24)4-6-21(7-5-20)25-8-9-26-21/h10-11H,4-9,12-13H2,1-3H3,(H,23,24). The predicted molar refractivity (Wildman–Crippen MR) is 97.2 cm³/mol. The summed E-state index contributed by atoms with van der Waals surface area (Å²) in [4.78, 5) is 24.8. The average Bonchev–Trinajstić information content (AvgIpc) is 3.02. The van der Waals surface area contributed by atoms with Crippen LogP contribution in [-0.2, 0) is 25.5 Å². The number of aryl methyl sites for hydroxylation is 3. The fourth-order valence-electron chi connectivity index (χ4n) is 4.49. The summed E-state index contributed by atoms with van der Waals surface area (Å²) < 4.78 is 11.4. The number of carbonyl (C=O) groups is 2. The molecule has 0 aromatic heterocycles. The molecule has 3 rings (SSSR count). The van der Waals surface area contributed by atoms with Crippen LogP contribution in [0.25, 0.3) is 0 Å². The van der Waals surface area contributed by atoms with Crippen LogP contribution in [0.1, 0.15) is 54.4 Å². The van der Waals surface area contributed by atoms with Gasteiger partial charge in [0.05, 0.1) is 18.6 Å². The van der Waals surface area contributed by atoms with E-state index in [1.54, 1.807) is 0 Å². The van der Waals surface area contributed by atoms with Crippen LogP contribution < -0.4 is 0 Å². The molecular formula is C21H28O5. The van der Waals surface area contributed by atoms with Crippen molar-refractivity contribution in [1.29, 1.82) is 0 Å². The highest BCUT2D eigenvalue weighted by Crippen LogP contribution is 2.47. The first-order valence-electron chi connectivity index (χ1n) is 9.35. The van der Waals surface area contributed by atoms with E-state index >= 15 is 0 Å². The maximum Gasteiger partial charge on any atom is 0.310 e. The molecule has 1 aliphatic heterocycles. The third-order valence-corrected chi connectivity index (χ3v) is 5.99. The normalized spacial score (nSPS) is 21.0. The van der Waals surface area contributed by atoms with Gasteiger partial charge >= 0.3 is 5.97 Å². The summed E-state index contributed by atoms with van der Waals surface area (Å²) in [5.41, 5.74) is 3.39. The number of carbonyl (C=O) groups excluding carboxylic acids is 1. The van der Waals surface area contributed by atoms with Crippen LogP contribution in [0, 0.1) is 26.2 Å². The summed E-state index contributed by atoms with van der Waals surface area (Å²) in [6, 6.07) is 4.14. The molecule has 5 heteroatoms. The van der Waals surface area contributed by atoms with Gasteiger partial charge in [0.1, 0.15) is 5.78 Å². The molecule has 0 amide bonds. The summed E-state index contributed by atoms with van der Waals surface area (Å²) in [6.07, 6.45) is 2.28. The second kappa shape index (κ2) is 7.12. The molecule has 1 aromatic carbocycles. The van der Waals surface area contributed by atoms with Crippen molar-refractivity contribution in [1.82, 2.24) is 0 Å². The van der Waals surface area contributed by atoms with Gasteiger partial charge in [0.2, 0.25) is 0 Å². The van der Waals surface area contributed by atoms with Crippen LogP contribution in [0.3, 0.4) is 0 Å². The van der Waals surface area contributed by atoms with Crippen LogP contribution in [0.2, 0.25) is 0 Å². The number of carboxylic acid groups (broad SMARTS) is 1. The molecule has 1 N–H and O–H groups in total. The van der Waals surface area contributed by atoms with Gasteiger partial charge in [-0.05, 0) is 50.3 Å². The third-order valence-electron chi connectivity index (χ3n) is 5.99. The van der Waals surface area contributed by atoms with Crippen molar-refractivity contribution < 1.29 is 24.2 Å². The lowest BCUT2D eigenvalue weighted by Gasteiger charge is -2.40. The van der Waals surface area contributed by atoms with E-state index in [0.29, 0.717) is 45.3 Å². The first-order valence-corrected chi connectivity index (χ1v) is 9.35. The first-order chi connectivity index (χ1) is 12.3. The number of benzene rings is 1. The van der Waals surface area contributed by atoms with Gasteiger partial charge in [0, 0.05) is 25.7 Å². The topological polar surface area (TPSA) is 72.8 Å². The molecule has 0 bridgehead atoms. The van der Waals surface area contributed by atoms with Gasteiger partial charge in [-0.15, -0.1) is 0 Å². The molecule has 1 saturated heterocycles. The Kier molecular flexibility index (Phi) is 5.22. The van der Waals surface area contributed by atoms with Gasteiger partial charge in [-0.1, -0.05) is 17.7 Å². The number of ether oxygens (including phenoxy) is 2. The van der Waals surface area contributed by atoms with Crippen LogP contribution in [0.5, 0.6) is 0 Å². The SMILES string of the molecule is Cc1cc(C)c(CC(=O)CC2(C(=O)O)CCC3(CC2)OCCO3)c(C)c1. The highest BCUT2D eigenvalue weighted by Gasteiger charge is 2.50. The van der Waals surface area contributed by atoms with E-state index < -0.39 is 17.2 Å². The van der Waals surface area contributed by atoms with Crippen LogP contribution in [-0.4, -0.2) is 35.9 Å². The monoisotopic (exact) mass is 360 g/mol. The quantitative estimate of drug-likeness (QED) is 0.870. The third kappa shape index (κ3) is 3.69. The van der Waals surface area contributed by atoms with Crippen molar-refractivity contribution in [2.45, 2.75) is 65.1 Å². The second-order valence-electron chi connectivity index (χ2n) is 7.96. The Morgan fingerprint density at radius 3 is 2.04 bits per heavy atom. The van der Waals surface area contributed by atoms with Gasteiger partial charge in [-0.2, -0.15) is 0 Å². The molecule has 1 heterocycles. The number of carboxylic acids is 1. The highest BCUT2D eigenvalue weighted by molar-refractivity contribution is 5.88. The number of hydrogen-bond acceptors (Lipinski definition) is 4. The summed E-state index contributed by atoms with van der Waals surface area (Å²) in [7, 11) is 0. The van der Waals surface area contributed by atoms with Crippen molar-refractivity contribution in [2.24, 2.45) is 5.41 Å². The van der Waals surface area contributed by atoms with Crippen molar-refractivity contribution >= 4 is 11.8 Å². The molecule has 1 aromatic rings. The van der Waals surface area contributed by atoms with E-state index in [1.165, 1.54) is 5.56 Å². The Hall–Kier alpha value is -1.72. The number of hydrogen-bond donors (Lipinski definition) is 1. The molecule has 26 heavy (non-hydrogen) atoms. The number of Topliss-reactive ketones (excluding diaryl/α,β-unsaturated/α-hetero) is 1. The Balaban J connectivity index is 1.71. The fraction of sp³-hybridized carbons (Fsp3) is 0.619. The van der Waals surface area contributed by atoms with E-state index in [-0.39, 0.29) is 12.2 Å². The molecule has 142 valence electrons. The Morgan fingerprint density at radius 2 is 1.54 bits per heavy atom. The smallest absolute Gasteiger partial charge is 0.310 e. The molecule has 1 saturated carbocycles. The average molecular weight is 360 g/mol. The van der Waals surface area contributed by atoms with E-state index in [4.69, 9.17) is 9.47 Å². The minimum Gasteiger partial charge on any atom is -0.481 e. The Bertz CT molecular complexity index is 682. The maximum absolute atomic E-state index is 12.8.